The number of aliphatic hydroxyl groups excluding tert-OH is 1. The molecule has 0 saturated heterocycles. The first kappa shape index (κ1) is 19.3. The normalized spacial score (nSPS) is 11.5. The minimum atomic E-state index is 0.0480. The van der Waals surface area contributed by atoms with Crippen LogP contribution in [0.2, 0.25) is 0 Å². The SMILES string of the molecule is O=C(CCn1c2ccccc2c2nc3ccccc3nc21)NCCCCCCO. The second kappa shape index (κ2) is 9.01. The number of carbonyl (C=O) groups excluding carboxylic acids is 1. The van der Waals surface area contributed by atoms with E-state index in [1.807, 2.05) is 36.4 Å². The number of para-hydroxylation sites is 3. The number of aromatic nitrogens is 3. The maximum absolute atomic E-state index is 12.3. The zero-order valence-corrected chi connectivity index (χ0v) is 16.5. The number of amides is 1. The van der Waals surface area contributed by atoms with E-state index in [2.05, 4.69) is 22.0 Å². The third-order valence-electron chi connectivity index (χ3n) is 5.23. The standard InChI is InChI=1S/C23H26N4O2/c28-16-8-2-1-7-14-24-21(29)13-15-27-20-12-6-3-9-17(20)22-23(27)26-19-11-5-4-10-18(19)25-22/h3-6,9-12,28H,1-2,7-8,13-16H2,(H,24,29). The lowest BCUT2D eigenvalue weighted by atomic mass is 10.2. The van der Waals surface area contributed by atoms with E-state index < -0.39 is 0 Å². The van der Waals surface area contributed by atoms with E-state index in [1.165, 1.54) is 0 Å². The fourth-order valence-corrected chi connectivity index (χ4v) is 3.73. The molecule has 2 aromatic carbocycles. The number of nitrogens with one attached hydrogen (secondary N) is 1. The number of aliphatic hydroxyl groups is 1. The van der Waals surface area contributed by atoms with Gasteiger partial charge in [0, 0.05) is 31.5 Å². The van der Waals surface area contributed by atoms with Crippen LogP contribution in [-0.4, -0.2) is 38.7 Å². The van der Waals surface area contributed by atoms with E-state index >= 15 is 0 Å². The summed E-state index contributed by atoms with van der Waals surface area (Å²) in [6.45, 7) is 1.48. The minimum absolute atomic E-state index is 0.0480. The molecule has 0 aliphatic rings. The molecule has 6 heteroatoms. The van der Waals surface area contributed by atoms with E-state index in [1.54, 1.807) is 0 Å². The summed E-state index contributed by atoms with van der Waals surface area (Å²) in [6, 6.07) is 16.0. The van der Waals surface area contributed by atoms with Crippen molar-refractivity contribution in [3.05, 3.63) is 48.5 Å². The first-order valence-electron chi connectivity index (χ1n) is 10.3. The maximum atomic E-state index is 12.3. The van der Waals surface area contributed by atoms with Crippen molar-refractivity contribution in [3.8, 4) is 0 Å². The fraction of sp³-hybridized carbons (Fsp3) is 0.348. The van der Waals surface area contributed by atoms with Gasteiger partial charge in [-0.2, -0.15) is 0 Å². The molecule has 2 aromatic heterocycles. The summed E-state index contributed by atoms with van der Waals surface area (Å²) in [5, 5.41) is 12.9. The number of hydrogen-bond donors (Lipinski definition) is 2. The van der Waals surface area contributed by atoms with Gasteiger partial charge in [-0.1, -0.05) is 43.2 Å². The lowest BCUT2D eigenvalue weighted by Crippen LogP contribution is -2.25. The molecule has 0 aliphatic carbocycles. The molecule has 0 aliphatic heterocycles. The molecule has 150 valence electrons. The number of benzene rings is 2. The highest BCUT2D eigenvalue weighted by Gasteiger charge is 2.14. The van der Waals surface area contributed by atoms with Crippen LogP contribution in [0, 0.1) is 0 Å². The van der Waals surface area contributed by atoms with Crippen LogP contribution < -0.4 is 5.32 Å². The Balaban J connectivity index is 1.52. The van der Waals surface area contributed by atoms with Gasteiger partial charge in [0.25, 0.3) is 0 Å². The number of carbonyl (C=O) groups is 1. The number of nitrogens with zero attached hydrogens (tertiary/aromatic N) is 3. The summed E-state index contributed by atoms with van der Waals surface area (Å²) in [5.74, 6) is 0.0480. The van der Waals surface area contributed by atoms with Crippen molar-refractivity contribution in [1.29, 1.82) is 0 Å². The van der Waals surface area contributed by atoms with Crippen molar-refractivity contribution in [2.45, 2.75) is 38.6 Å². The number of rotatable bonds is 9. The molecule has 2 heterocycles. The van der Waals surface area contributed by atoms with E-state index in [4.69, 9.17) is 15.1 Å². The largest absolute Gasteiger partial charge is 0.396 e. The smallest absolute Gasteiger partial charge is 0.221 e. The summed E-state index contributed by atoms with van der Waals surface area (Å²) < 4.78 is 2.10. The van der Waals surface area contributed by atoms with Crippen LogP contribution >= 0.6 is 0 Å². The quantitative estimate of drug-likeness (QED) is 0.426. The summed E-state index contributed by atoms with van der Waals surface area (Å²) in [4.78, 5) is 22.0. The second-order valence-corrected chi connectivity index (χ2v) is 7.29. The van der Waals surface area contributed by atoms with Gasteiger partial charge in [0.1, 0.15) is 5.52 Å². The number of unbranched alkanes of at least 4 members (excludes halogenated alkanes) is 3. The second-order valence-electron chi connectivity index (χ2n) is 7.29. The molecule has 0 spiro atoms. The Labute approximate surface area is 169 Å². The molecule has 0 bridgehead atoms. The first-order chi connectivity index (χ1) is 14.3. The van der Waals surface area contributed by atoms with Gasteiger partial charge >= 0.3 is 0 Å². The van der Waals surface area contributed by atoms with Crippen LogP contribution in [0.25, 0.3) is 33.1 Å². The number of hydrogen-bond acceptors (Lipinski definition) is 4. The molecule has 1 amide bonds. The topological polar surface area (TPSA) is 80.0 Å². The molecule has 4 rings (SSSR count). The number of fused-ring (bicyclic) bond motifs is 4. The van der Waals surface area contributed by atoms with Gasteiger partial charge in [-0.25, -0.2) is 9.97 Å². The molecular formula is C23H26N4O2. The number of aryl methyl sites for hydroxylation is 1. The van der Waals surface area contributed by atoms with Gasteiger partial charge in [0.15, 0.2) is 5.65 Å². The molecule has 6 nitrogen and oxygen atoms in total. The van der Waals surface area contributed by atoms with Crippen LogP contribution in [-0.2, 0) is 11.3 Å². The van der Waals surface area contributed by atoms with Crippen LogP contribution in [0.1, 0.15) is 32.1 Å². The summed E-state index contributed by atoms with van der Waals surface area (Å²) >= 11 is 0. The van der Waals surface area contributed by atoms with Crippen molar-refractivity contribution in [3.63, 3.8) is 0 Å². The lowest BCUT2D eigenvalue weighted by Gasteiger charge is -2.08. The molecule has 0 fully saturated rings. The molecule has 2 N–H and O–H groups in total. The first-order valence-corrected chi connectivity index (χ1v) is 10.3. The zero-order valence-electron chi connectivity index (χ0n) is 16.5. The Bertz CT molecular complexity index is 1140. The molecule has 0 radical (unpaired) electrons. The van der Waals surface area contributed by atoms with Crippen molar-refractivity contribution in [2.75, 3.05) is 13.2 Å². The Morgan fingerprint density at radius 3 is 2.48 bits per heavy atom. The predicted octanol–water partition coefficient (Wildman–Crippen LogP) is 3.80. The van der Waals surface area contributed by atoms with Gasteiger partial charge in [-0.15, -0.1) is 0 Å². The zero-order chi connectivity index (χ0) is 20.1. The molecule has 0 saturated carbocycles. The van der Waals surface area contributed by atoms with Crippen LogP contribution in [0.15, 0.2) is 48.5 Å². The van der Waals surface area contributed by atoms with Gasteiger partial charge in [-0.3, -0.25) is 4.79 Å². The van der Waals surface area contributed by atoms with Crippen molar-refractivity contribution in [1.82, 2.24) is 19.9 Å². The van der Waals surface area contributed by atoms with Gasteiger partial charge < -0.3 is 15.0 Å². The molecule has 0 atom stereocenters. The minimum Gasteiger partial charge on any atom is -0.396 e. The van der Waals surface area contributed by atoms with Crippen LogP contribution in [0.5, 0.6) is 0 Å². The summed E-state index contributed by atoms with van der Waals surface area (Å²) in [5.41, 5.74) is 4.48. The third kappa shape index (κ3) is 4.22. The van der Waals surface area contributed by atoms with Crippen molar-refractivity contribution < 1.29 is 9.90 Å². The molecule has 4 aromatic rings. The summed E-state index contributed by atoms with van der Waals surface area (Å²) in [7, 11) is 0. The monoisotopic (exact) mass is 390 g/mol. The van der Waals surface area contributed by atoms with E-state index in [9.17, 15) is 4.79 Å². The van der Waals surface area contributed by atoms with Crippen molar-refractivity contribution >= 4 is 39.0 Å². The van der Waals surface area contributed by atoms with Gasteiger partial charge in [0.05, 0.1) is 16.6 Å². The Kier molecular flexibility index (Phi) is 6.00. The van der Waals surface area contributed by atoms with Crippen LogP contribution in [0.3, 0.4) is 0 Å². The van der Waals surface area contributed by atoms with Gasteiger partial charge in [0.2, 0.25) is 5.91 Å². The van der Waals surface area contributed by atoms with E-state index in [-0.39, 0.29) is 12.5 Å². The lowest BCUT2D eigenvalue weighted by molar-refractivity contribution is -0.121. The third-order valence-corrected chi connectivity index (χ3v) is 5.23. The Morgan fingerprint density at radius 1 is 0.931 bits per heavy atom. The maximum Gasteiger partial charge on any atom is 0.221 e. The predicted molar refractivity (Wildman–Crippen MR) is 116 cm³/mol. The Morgan fingerprint density at radius 2 is 1.66 bits per heavy atom. The fourth-order valence-electron chi connectivity index (χ4n) is 3.73. The highest BCUT2D eigenvalue weighted by molar-refractivity contribution is 6.06. The van der Waals surface area contributed by atoms with Crippen molar-refractivity contribution in [2.24, 2.45) is 0 Å². The van der Waals surface area contributed by atoms with E-state index in [0.717, 1.165) is 58.8 Å². The average Bonchev–Trinajstić information content (AvgIpc) is 3.06. The van der Waals surface area contributed by atoms with Gasteiger partial charge in [-0.05, 0) is 31.0 Å². The average molecular weight is 390 g/mol. The highest BCUT2D eigenvalue weighted by Crippen LogP contribution is 2.28. The highest BCUT2D eigenvalue weighted by atomic mass is 16.2. The molecule has 29 heavy (non-hydrogen) atoms. The van der Waals surface area contributed by atoms with E-state index in [0.29, 0.717) is 19.5 Å². The molecule has 0 unspecified atom stereocenters. The van der Waals surface area contributed by atoms with Crippen LogP contribution in [0.4, 0.5) is 0 Å². The summed E-state index contributed by atoms with van der Waals surface area (Å²) in [6.07, 6.45) is 4.20. The molecular weight excluding hydrogens is 364 g/mol. The Hall–Kier alpha value is -2.99.